The number of likely N-dealkylation sites (N-methyl/N-ethyl adjacent to an activating group) is 1. The Morgan fingerprint density at radius 1 is 1.19 bits per heavy atom. The van der Waals surface area contributed by atoms with Crippen molar-refractivity contribution < 1.29 is 19.2 Å². The summed E-state index contributed by atoms with van der Waals surface area (Å²) in [7, 11) is 0. The van der Waals surface area contributed by atoms with E-state index in [0.717, 1.165) is 10.5 Å². The molecule has 140 valence electrons. The fourth-order valence-electron chi connectivity index (χ4n) is 2.73. The van der Waals surface area contributed by atoms with Crippen LogP contribution in [0, 0.1) is 6.92 Å². The van der Waals surface area contributed by atoms with E-state index in [0.29, 0.717) is 12.2 Å². The molecule has 0 radical (unpaired) electrons. The maximum atomic E-state index is 12.6. The largest absolute Gasteiger partial charge is 0.355 e. The lowest BCUT2D eigenvalue weighted by Gasteiger charge is -2.20. The molecule has 1 aromatic carbocycles. The number of anilines is 1. The third kappa shape index (κ3) is 4.01. The second-order valence-corrected chi connectivity index (χ2v) is 6.27. The lowest BCUT2D eigenvalue weighted by molar-refractivity contribution is -0.133. The van der Waals surface area contributed by atoms with Gasteiger partial charge in [-0.3, -0.25) is 24.2 Å². The number of hydrogen-bond acceptors (Lipinski definition) is 4. The first kappa shape index (κ1) is 19.4. The highest BCUT2D eigenvalue weighted by molar-refractivity contribution is 6.15. The zero-order valence-corrected chi connectivity index (χ0v) is 15.4. The molecule has 0 saturated carbocycles. The number of rotatable bonds is 6. The van der Waals surface area contributed by atoms with E-state index in [1.165, 1.54) is 11.8 Å². The number of benzene rings is 1. The molecule has 0 aliphatic carbocycles. The predicted octanol–water partition coefficient (Wildman–Crippen LogP) is 0.793. The van der Waals surface area contributed by atoms with Crippen molar-refractivity contribution in [2.24, 2.45) is 0 Å². The van der Waals surface area contributed by atoms with Crippen molar-refractivity contribution in [1.82, 2.24) is 15.5 Å². The maximum absolute atomic E-state index is 12.6. The molecule has 0 spiro atoms. The molecule has 1 aliphatic rings. The van der Waals surface area contributed by atoms with Gasteiger partial charge in [0, 0.05) is 12.2 Å². The van der Waals surface area contributed by atoms with Gasteiger partial charge in [0.2, 0.25) is 11.8 Å². The van der Waals surface area contributed by atoms with E-state index in [4.69, 9.17) is 0 Å². The van der Waals surface area contributed by atoms with Crippen LogP contribution in [0.4, 0.5) is 10.5 Å². The van der Waals surface area contributed by atoms with E-state index >= 15 is 0 Å². The van der Waals surface area contributed by atoms with E-state index in [1.54, 1.807) is 26.0 Å². The smallest absolute Gasteiger partial charge is 0.332 e. The summed E-state index contributed by atoms with van der Waals surface area (Å²) < 4.78 is 0. The molecule has 1 heterocycles. The van der Waals surface area contributed by atoms with E-state index < -0.39 is 36.5 Å². The average Bonchev–Trinajstić information content (AvgIpc) is 2.79. The van der Waals surface area contributed by atoms with Crippen LogP contribution in [0.5, 0.6) is 0 Å². The van der Waals surface area contributed by atoms with Crippen LogP contribution in [0.3, 0.4) is 0 Å². The zero-order chi connectivity index (χ0) is 19.4. The summed E-state index contributed by atoms with van der Waals surface area (Å²) in [6, 6.07) is 5.23. The number of hydrogen-bond donors (Lipinski definition) is 2. The molecule has 1 fully saturated rings. The van der Waals surface area contributed by atoms with E-state index in [9.17, 15) is 19.2 Å². The molecule has 1 saturated heterocycles. The maximum Gasteiger partial charge on any atom is 0.332 e. The Labute approximate surface area is 152 Å². The molecular weight excluding hydrogens is 336 g/mol. The van der Waals surface area contributed by atoms with Gasteiger partial charge < -0.3 is 10.6 Å². The molecule has 0 aromatic heterocycles. The Morgan fingerprint density at radius 3 is 2.38 bits per heavy atom. The van der Waals surface area contributed by atoms with Gasteiger partial charge in [0.05, 0.1) is 0 Å². The molecule has 0 bridgehead atoms. The average molecular weight is 360 g/mol. The molecule has 1 aromatic rings. The molecule has 8 nitrogen and oxygen atoms in total. The van der Waals surface area contributed by atoms with Crippen LogP contribution in [0.1, 0.15) is 26.3 Å². The Bertz CT molecular complexity index is 716. The van der Waals surface area contributed by atoms with Crippen LogP contribution in [-0.4, -0.2) is 53.8 Å². The third-order valence-electron chi connectivity index (χ3n) is 4.18. The first-order valence-corrected chi connectivity index (χ1v) is 8.54. The molecular formula is C18H24N4O4. The van der Waals surface area contributed by atoms with Crippen molar-refractivity contribution in [3.8, 4) is 0 Å². The van der Waals surface area contributed by atoms with E-state index in [-0.39, 0.29) is 5.91 Å². The summed E-state index contributed by atoms with van der Waals surface area (Å²) in [6.45, 7) is 6.89. The van der Waals surface area contributed by atoms with Crippen LogP contribution in [-0.2, 0) is 14.4 Å². The minimum absolute atomic E-state index is 0.324. The van der Waals surface area contributed by atoms with Crippen LogP contribution in [0.25, 0.3) is 0 Å². The fourth-order valence-corrected chi connectivity index (χ4v) is 2.73. The number of nitrogens with one attached hydrogen (secondary N) is 2. The van der Waals surface area contributed by atoms with Gasteiger partial charge >= 0.3 is 6.03 Å². The minimum atomic E-state index is -0.749. The highest BCUT2D eigenvalue weighted by Crippen LogP contribution is 2.25. The second kappa shape index (κ2) is 7.99. The van der Waals surface area contributed by atoms with Gasteiger partial charge in [-0.15, -0.1) is 0 Å². The standard InChI is InChI=1S/C18H24N4O4/c1-5-19-16(24)12(3)20-15(23)10-21-17(25)13(4)22(18(21)26)14-8-6-11(2)7-9-14/h6-9,12-13H,5,10H2,1-4H3,(H,19,24)(H,20,23)/t12-,13+/m0/s1. The van der Waals surface area contributed by atoms with Gasteiger partial charge in [-0.2, -0.15) is 0 Å². The van der Waals surface area contributed by atoms with Crippen LogP contribution >= 0.6 is 0 Å². The monoisotopic (exact) mass is 360 g/mol. The van der Waals surface area contributed by atoms with Crippen molar-refractivity contribution in [1.29, 1.82) is 0 Å². The summed E-state index contributed by atoms with van der Waals surface area (Å²) in [5.41, 5.74) is 1.63. The van der Waals surface area contributed by atoms with Crippen molar-refractivity contribution in [2.45, 2.75) is 39.8 Å². The summed E-state index contributed by atoms with van der Waals surface area (Å²) in [4.78, 5) is 51.2. The SMILES string of the molecule is CCNC(=O)[C@H](C)NC(=O)CN1C(=O)[C@@H](C)N(c2ccc(C)cc2)C1=O. The van der Waals surface area contributed by atoms with E-state index in [2.05, 4.69) is 10.6 Å². The highest BCUT2D eigenvalue weighted by Gasteiger charge is 2.44. The van der Waals surface area contributed by atoms with Crippen molar-refractivity contribution in [3.63, 3.8) is 0 Å². The molecule has 2 rings (SSSR count). The van der Waals surface area contributed by atoms with Gasteiger partial charge in [-0.1, -0.05) is 17.7 Å². The van der Waals surface area contributed by atoms with Gasteiger partial charge in [-0.05, 0) is 39.8 Å². The number of amides is 5. The van der Waals surface area contributed by atoms with Gasteiger partial charge in [0.15, 0.2) is 0 Å². The van der Waals surface area contributed by atoms with Crippen LogP contribution < -0.4 is 15.5 Å². The molecule has 2 atom stereocenters. The fraction of sp³-hybridized carbons (Fsp3) is 0.444. The molecule has 1 aliphatic heterocycles. The number of imide groups is 1. The van der Waals surface area contributed by atoms with Crippen molar-refractivity contribution in [2.75, 3.05) is 18.0 Å². The number of aryl methyl sites for hydroxylation is 1. The van der Waals surface area contributed by atoms with Gasteiger partial charge in [0.1, 0.15) is 18.6 Å². The van der Waals surface area contributed by atoms with Gasteiger partial charge in [-0.25, -0.2) is 4.79 Å². The first-order chi connectivity index (χ1) is 12.3. The van der Waals surface area contributed by atoms with Crippen LogP contribution in [0.2, 0.25) is 0 Å². The van der Waals surface area contributed by atoms with Gasteiger partial charge in [0.25, 0.3) is 5.91 Å². The molecule has 5 amide bonds. The lowest BCUT2D eigenvalue weighted by Crippen LogP contribution is -2.49. The predicted molar refractivity (Wildman–Crippen MR) is 96.5 cm³/mol. The van der Waals surface area contributed by atoms with Crippen molar-refractivity contribution in [3.05, 3.63) is 29.8 Å². The Kier molecular flexibility index (Phi) is 5.97. The minimum Gasteiger partial charge on any atom is -0.355 e. The summed E-state index contributed by atoms with van der Waals surface area (Å²) in [6.07, 6.45) is 0. The quantitative estimate of drug-likeness (QED) is 0.733. The molecule has 8 heteroatoms. The molecule has 26 heavy (non-hydrogen) atoms. The summed E-state index contributed by atoms with van der Waals surface area (Å²) >= 11 is 0. The first-order valence-electron chi connectivity index (χ1n) is 8.54. The zero-order valence-electron chi connectivity index (χ0n) is 15.4. The molecule has 2 N–H and O–H groups in total. The third-order valence-corrected chi connectivity index (χ3v) is 4.18. The van der Waals surface area contributed by atoms with Crippen molar-refractivity contribution >= 4 is 29.4 Å². The van der Waals surface area contributed by atoms with Crippen LogP contribution in [0.15, 0.2) is 24.3 Å². The molecule has 0 unspecified atom stereocenters. The number of carbonyl (C=O) groups excluding carboxylic acids is 4. The Morgan fingerprint density at radius 2 is 1.81 bits per heavy atom. The topological polar surface area (TPSA) is 98.8 Å². The number of urea groups is 1. The number of nitrogens with zero attached hydrogens (tertiary/aromatic N) is 2. The normalized spacial score (nSPS) is 18.1. The Hall–Kier alpha value is -2.90. The second-order valence-electron chi connectivity index (χ2n) is 6.27. The summed E-state index contributed by atoms with van der Waals surface area (Å²) in [5.74, 6) is -1.34. The lowest BCUT2D eigenvalue weighted by atomic mass is 10.2. The highest BCUT2D eigenvalue weighted by atomic mass is 16.2. The van der Waals surface area contributed by atoms with E-state index in [1.807, 2.05) is 19.1 Å². The Balaban J connectivity index is 2.07. The number of carbonyl (C=O) groups is 4. The summed E-state index contributed by atoms with van der Waals surface area (Å²) in [5, 5.41) is 5.09.